The predicted molar refractivity (Wildman–Crippen MR) is 193 cm³/mol. The van der Waals surface area contributed by atoms with E-state index >= 15 is 0 Å². The summed E-state index contributed by atoms with van der Waals surface area (Å²) < 4.78 is 13.1. The highest BCUT2D eigenvalue weighted by Crippen LogP contribution is 2.39. The molecule has 1 fully saturated rings. The maximum atomic E-state index is 12.3. The predicted octanol–water partition coefficient (Wildman–Crippen LogP) is 6.41. The van der Waals surface area contributed by atoms with Gasteiger partial charge in [0, 0.05) is 44.5 Å². The number of unbranched alkanes of at least 4 members (excludes halogenated alkanes) is 2. The number of phenolic OH excluding ortho intramolecular Hbond substituents is 1. The summed E-state index contributed by atoms with van der Waals surface area (Å²) in [4.78, 5) is 25.0. The summed E-state index contributed by atoms with van der Waals surface area (Å²) in [7, 11) is 1.93. The van der Waals surface area contributed by atoms with Crippen LogP contribution in [0.4, 0.5) is 0 Å². The van der Waals surface area contributed by atoms with Gasteiger partial charge in [0.2, 0.25) is 5.91 Å². The SMILES string of the molecule is CN(C[C@H]1C[C@@H](c2ccc(CO)cc2)O[C@@H](c2ccc(-c3cccc(CNC(=O)CCCCCC(=O)O)c3)cc2)O1)C[C@@H](O)c1cccc(O)c1. The van der Waals surface area contributed by atoms with Gasteiger partial charge in [-0.1, -0.05) is 85.3 Å². The maximum absolute atomic E-state index is 12.3. The van der Waals surface area contributed by atoms with Crippen molar-refractivity contribution in [2.45, 2.75) is 76.3 Å². The van der Waals surface area contributed by atoms with Gasteiger partial charge in [0.05, 0.1) is 24.9 Å². The Bertz CT molecular complexity index is 1710. The molecule has 0 radical (unpaired) electrons. The molecule has 10 nitrogen and oxygen atoms in total. The number of carbonyl (C=O) groups excluding carboxylic acids is 1. The van der Waals surface area contributed by atoms with Gasteiger partial charge in [-0.15, -0.1) is 0 Å². The first-order valence-corrected chi connectivity index (χ1v) is 17.5. The largest absolute Gasteiger partial charge is 0.508 e. The normalized spacial score (nSPS) is 18.0. The molecule has 1 amide bonds. The van der Waals surface area contributed by atoms with E-state index in [1.54, 1.807) is 24.3 Å². The van der Waals surface area contributed by atoms with Crippen LogP contribution in [0.5, 0.6) is 5.75 Å². The number of aliphatic hydroxyl groups excluding tert-OH is 2. The summed E-state index contributed by atoms with van der Waals surface area (Å²) >= 11 is 0. The maximum Gasteiger partial charge on any atom is 0.303 e. The fraction of sp³-hybridized carbons (Fsp3) is 0.366. The van der Waals surface area contributed by atoms with E-state index < -0.39 is 18.4 Å². The Morgan fingerprint density at radius 1 is 0.843 bits per heavy atom. The average Bonchev–Trinajstić information content (AvgIpc) is 3.13. The third-order valence-corrected chi connectivity index (χ3v) is 9.10. The number of nitrogens with zero attached hydrogens (tertiary/aromatic N) is 1. The fourth-order valence-corrected chi connectivity index (χ4v) is 6.31. The standard InChI is InChI=1S/C41H48N2O8/c1-43(26-37(46)34-9-6-10-35(45)22-34)25-36-23-38(31-15-13-28(27-44)14-16-31)51-41(50-36)32-19-17-30(18-20-32)33-8-5-7-29(21-33)24-42-39(47)11-3-2-4-12-40(48)49/h5-10,13-22,36-38,41,44-46H,2-4,11-12,23-27H2,1H3,(H,42,47)(H,48,49)/t36-,37-,38+,41+/m1/s1. The molecule has 51 heavy (non-hydrogen) atoms. The number of amides is 1. The Labute approximate surface area is 299 Å². The van der Waals surface area contributed by atoms with Gasteiger partial charge in [0.1, 0.15) is 5.75 Å². The number of hydrogen-bond donors (Lipinski definition) is 5. The molecule has 0 aliphatic carbocycles. The number of likely N-dealkylation sites (N-methyl/N-ethyl adjacent to an activating group) is 1. The van der Waals surface area contributed by atoms with Crippen molar-refractivity contribution in [2.24, 2.45) is 0 Å². The molecular formula is C41H48N2O8. The fourth-order valence-electron chi connectivity index (χ4n) is 6.31. The van der Waals surface area contributed by atoms with Gasteiger partial charge in [-0.2, -0.15) is 0 Å². The average molecular weight is 697 g/mol. The Hall–Kier alpha value is -4.58. The molecule has 1 saturated heterocycles. The van der Waals surface area contributed by atoms with E-state index in [1.807, 2.05) is 78.7 Å². The van der Waals surface area contributed by atoms with Crippen LogP contribution in [0.25, 0.3) is 11.1 Å². The van der Waals surface area contributed by atoms with Crippen molar-refractivity contribution in [2.75, 3.05) is 20.1 Å². The van der Waals surface area contributed by atoms with Crippen molar-refractivity contribution in [3.8, 4) is 16.9 Å². The molecule has 0 aromatic heterocycles. The van der Waals surface area contributed by atoms with Crippen molar-refractivity contribution in [1.82, 2.24) is 10.2 Å². The Balaban J connectivity index is 1.23. The molecule has 270 valence electrons. The van der Waals surface area contributed by atoms with Gasteiger partial charge in [0.15, 0.2) is 6.29 Å². The Morgan fingerprint density at radius 3 is 2.29 bits per heavy atom. The first-order chi connectivity index (χ1) is 24.7. The highest BCUT2D eigenvalue weighted by atomic mass is 16.7. The molecule has 5 N–H and O–H groups in total. The smallest absolute Gasteiger partial charge is 0.303 e. The van der Waals surface area contributed by atoms with E-state index in [0.717, 1.165) is 33.4 Å². The Morgan fingerprint density at radius 2 is 1.57 bits per heavy atom. The second-order valence-electron chi connectivity index (χ2n) is 13.2. The van der Waals surface area contributed by atoms with Crippen molar-refractivity contribution < 1.29 is 39.5 Å². The van der Waals surface area contributed by atoms with E-state index in [1.165, 1.54) is 0 Å². The third kappa shape index (κ3) is 11.5. The molecule has 1 aliphatic heterocycles. The van der Waals surface area contributed by atoms with Crippen LogP contribution in [-0.2, 0) is 32.2 Å². The number of carboxylic acid groups (broad SMARTS) is 1. The third-order valence-electron chi connectivity index (χ3n) is 9.10. The summed E-state index contributed by atoms with van der Waals surface area (Å²) in [5, 5.41) is 41.9. The van der Waals surface area contributed by atoms with Crippen LogP contribution in [0.15, 0.2) is 97.1 Å². The van der Waals surface area contributed by atoms with Gasteiger partial charge in [-0.3, -0.25) is 9.59 Å². The summed E-state index contributed by atoms with van der Waals surface area (Å²) in [5.74, 6) is -0.747. The van der Waals surface area contributed by atoms with Crippen molar-refractivity contribution >= 4 is 11.9 Å². The molecule has 4 aromatic rings. The number of rotatable bonds is 17. The zero-order chi connectivity index (χ0) is 36.2. The van der Waals surface area contributed by atoms with E-state index in [2.05, 4.69) is 11.4 Å². The number of phenols is 1. The van der Waals surface area contributed by atoms with Crippen molar-refractivity contribution in [1.29, 1.82) is 0 Å². The number of carbonyl (C=O) groups is 2. The van der Waals surface area contributed by atoms with E-state index in [4.69, 9.17) is 14.6 Å². The first kappa shape index (κ1) is 37.7. The van der Waals surface area contributed by atoms with Crippen LogP contribution in [0, 0.1) is 0 Å². The number of aromatic hydroxyl groups is 1. The number of aliphatic hydroxyl groups is 2. The monoisotopic (exact) mass is 696 g/mol. The minimum Gasteiger partial charge on any atom is -0.508 e. The highest BCUT2D eigenvalue weighted by molar-refractivity contribution is 5.76. The van der Waals surface area contributed by atoms with Gasteiger partial charge in [0.25, 0.3) is 0 Å². The van der Waals surface area contributed by atoms with E-state index in [0.29, 0.717) is 57.3 Å². The molecular weight excluding hydrogens is 648 g/mol. The van der Waals surface area contributed by atoms with Crippen molar-refractivity contribution in [3.63, 3.8) is 0 Å². The minimum atomic E-state index is -0.812. The van der Waals surface area contributed by atoms with Gasteiger partial charge in [-0.25, -0.2) is 0 Å². The Kier molecular flexibility index (Phi) is 13.7. The second kappa shape index (κ2) is 18.6. The molecule has 4 atom stereocenters. The molecule has 0 unspecified atom stereocenters. The minimum absolute atomic E-state index is 0.0338. The molecule has 1 aliphatic rings. The second-order valence-corrected chi connectivity index (χ2v) is 13.2. The van der Waals surface area contributed by atoms with E-state index in [9.17, 15) is 24.9 Å². The molecule has 0 saturated carbocycles. The molecule has 0 spiro atoms. The summed E-state index contributed by atoms with van der Waals surface area (Å²) in [6.07, 6.45) is 1.21. The van der Waals surface area contributed by atoms with Crippen LogP contribution >= 0.6 is 0 Å². The summed E-state index contributed by atoms with van der Waals surface area (Å²) in [5.41, 5.74) is 6.33. The zero-order valence-electron chi connectivity index (χ0n) is 29.0. The summed E-state index contributed by atoms with van der Waals surface area (Å²) in [6, 6.07) is 30.5. The van der Waals surface area contributed by atoms with Crippen LogP contribution in [-0.4, -0.2) is 63.4 Å². The van der Waals surface area contributed by atoms with Crippen LogP contribution in [0.2, 0.25) is 0 Å². The molecule has 5 rings (SSSR count). The molecule has 0 bridgehead atoms. The lowest BCUT2D eigenvalue weighted by Gasteiger charge is -2.38. The van der Waals surface area contributed by atoms with Crippen LogP contribution in [0.3, 0.4) is 0 Å². The number of carboxylic acids is 1. The molecule has 4 aromatic carbocycles. The zero-order valence-corrected chi connectivity index (χ0v) is 29.0. The number of hydrogen-bond acceptors (Lipinski definition) is 8. The number of aliphatic carboxylic acids is 1. The van der Waals surface area contributed by atoms with Crippen LogP contribution < -0.4 is 5.32 Å². The quantitative estimate of drug-likeness (QED) is 0.0790. The lowest BCUT2D eigenvalue weighted by Crippen LogP contribution is -2.39. The lowest BCUT2D eigenvalue weighted by molar-refractivity contribution is -0.252. The lowest BCUT2D eigenvalue weighted by atomic mass is 9.98. The summed E-state index contributed by atoms with van der Waals surface area (Å²) in [6.45, 7) is 1.28. The van der Waals surface area contributed by atoms with Crippen molar-refractivity contribution in [3.05, 3.63) is 125 Å². The van der Waals surface area contributed by atoms with E-state index in [-0.39, 0.29) is 36.9 Å². The van der Waals surface area contributed by atoms with Gasteiger partial charge < -0.3 is 40.1 Å². The highest BCUT2D eigenvalue weighted by Gasteiger charge is 2.33. The van der Waals surface area contributed by atoms with Crippen LogP contribution in [0.1, 0.15) is 84.8 Å². The topological polar surface area (TPSA) is 149 Å². The first-order valence-electron chi connectivity index (χ1n) is 17.5. The number of benzene rings is 4. The molecule has 1 heterocycles. The molecule has 10 heteroatoms. The number of ether oxygens (including phenoxy) is 2. The van der Waals surface area contributed by atoms with Gasteiger partial charge >= 0.3 is 5.97 Å². The van der Waals surface area contributed by atoms with Gasteiger partial charge in [-0.05, 0) is 71.5 Å². The number of nitrogens with one attached hydrogen (secondary N) is 1.